The van der Waals surface area contributed by atoms with E-state index in [0.29, 0.717) is 53.3 Å². The van der Waals surface area contributed by atoms with Crippen molar-refractivity contribution in [1.29, 1.82) is 0 Å². The molecule has 0 saturated heterocycles. The highest BCUT2D eigenvalue weighted by Crippen LogP contribution is 2.45. The lowest BCUT2D eigenvalue weighted by atomic mass is 9.99. The van der Waals surface area contributed by atoms with E-state index in [1.165, 1.54) is 12.1 Å². The van der Waals surface area contributed by atoms with Crippen LogP contribution in [0.4, 0.5) is 43.4 Å². The standard InChI is InChI=1S/C22H14F6N6O2/c23-21(24,25)16-8-11(5-6-29-16)31-20(36)13-9-30-34(19(13)22(26,27)28)15-4-3-14-18-12(15)2-1-7-33(18)17(10-35)32-14/h3-6,8-9,32H,1-2,7H2,(H,29,31,36). The SMILES string of the molecule is O=C=C1Nc2ccc(-n3ncc(C(=O)Nc4ccnc(C(F)(F)F)c4)c3C(F)(F)F)c3c2N1CCC3. The van der Waals surface area contributed by atoms with Gasteiger partial charge in [-0.3, -0.25) is 9.78 Å². The molecule has 2 aliphatic rings. The Kier molecular flexibility index (Phi) is 5.29. The van der Waals surface area contributed by atoms with Gasteiger partial charge in [0, 0.05) is 24.0 Å². The molecule has 0 radical (unpaired) electrons. The predicted molar refractivity (Wildman–Crippen MR) is 114 cm³/mol. The van der Waals surface area contributed by atoms with Crippen LogP contribution in [-0.4, -0.2) is 33.2 Å². The summed E-state index contributed by atoms with van der Waals surface area (Å²) in [6, 6.07) is 4.42. The maximum Gasteiger partial charge on any atom is 0.434 e. The lowest BCUT2D eigenvalue weighted by molar-refractivity contribution is -0.143. The number of hydrogen-bond donors (Lipinski definition) is 2. The highest BCUT2D eigenvalue weighted by Gasteiger charge is 2.42. The van der Waals surface area contributed by atoms with Crippen molar-refractivity contribution >= 4 is 28.9 Å². The van der Waals surface area contributed by atoms with Crippen molar-refractivity contribution in [3.63, 3.8) is 0 Å². The van der Waals surface area contributed by atoms with Crippen molar-refractivity contribution in [2.75, 3.05) is 22.1 Å². The Balaban J connectivity index is 1.57. The highest BCUT2D eigenvalue weighted by atomic mass is 19.4. The molecule has 2 aromatic heterocycles. The number of hydrogen-bond acceptors (Lipinski definition) is 6. The van der Waals surface area contributed by atoms with Crippen LogP contribution < -0.4 is 15.5 Å². The smallest absolute Gasteiger partial charge is 0.330 e. The first-order valence-electron chi connectivity index (χ1n) is 10.4. The Morgan fingerprint density at radius 3 is 2.58 bits per heavy atom. The summed E-state index contributed by atoms with van der Waals surface area (Å²) in [7, 11) is 0. The molecule has 0 spiro atoms. The zero-order chi connectivity index (χ0) is 25.8. The van der Waals surface area contributed by atoms with Gasteiger partial charge in [-0.1, -0.05) is 0 Å². The van der Waals surface area contributed by atoms with E-state index in [2.05, 4.69) is 20.7 Å². The number of benzene rings is 1. The van der Waals surface area contributed by atoms with Gasteiger partial charge in [-0.15, -0.1) is 0 Å². The van der Waals surface area contributed by atoms with Crippen LogP contribution in [0.5, 0.6) is 0 Å². The van der Waals surface area contributed by atoms with Crippen LogP contribution in [0.25, 0.3) is 5.69 Å². The van der Waals surface area contributed by atoms with E-state index in [1.54, 1.807) is 10.8 Å². The van der Waals surface area contributed by atoms with Crippen LogP contribution in [-0.2, 0) is 23.6 Å². The molecular formula is C22H14F6N6O2. The second-order valence-electron chi connectivity index (χ2n) is 7.99. The molecule has 3 aromatic rings. The number of carbonyl (C=O) groups is 1. The summed E-state index contributed by atoms with van der Waals surface area (Å²) < 4.78 is 81.9. The van der Waals surface area contributed by atoms with Gasteiger partial charge in [-0.2, -0.15) is 31.4 Å². The van der Waals surface area contributed by atoms with E-state index in [9.17, 15) is 35.9 Å². The van der Waals surface area contributed by atoms with Crippen LogP contribution in [0, 0.1) is 0 Å². The molecule has 2 N–H and O–H groups in total. The van der Waals surface area contributed by atoms with Gasteiger partial charge in [0.05, 0.1) is 28.8 Å². The van der Waals surface area contributed by atoms with E-state index in [1.807, 2.05) is 0 Å². The summed E-state index contributed by atoms with van der Waals surface area (Å²) in [5, 5.41) is 8.74. The van der Waals surface area contributed by atoms with Gasteiger partial charge < -0.3 is 15.5 Å². The third-order valence-corrected chi connectivity index (χ3v) is 5.77. The Bertz CT molecular complexity index is 1440. The zero-order valence-electron chi connectivity index (χ0n) is 18.0. The van der Waals surface area contributed by atoms with Crippen molar-refractivity contribution in [2.24, 2.45) is 0 Å². The summed E-state index contributed by atoms with van der Waals surface area (Å²) >= 11 is 0. The largest absolute Gasteiger partial charge is 0.434 e. The molecule has 0 saturated carbocycles. The van der Waals surface area contributed by atoms with Crippen LogP contribution in [0.3, 0.4) is 0 Å². The first-order valence-corrected chi connectivity index (χ1v) is 10.4. The molecular weight excluding hydrogens is 494 g/mol. The van der Waals surface area contributed by atoms with Crippen LogP contribution in [0.1, 0.15) is 33.7 Å². The second kappa shape index (κ2) is 8.12. The number of halogens is 6. The van der Waals surface area contributed by atoms with E-state index in [4.69, 9.17) is 0 Å². The number of nitrogens with zero attached hydrogens (tertiary/aromatic N) is 4. The second-order valence-corrected chi connectivity index (χ2v) is 7.99. The predicted octanol–water partition coefficient (Wildman–Crippen LogP) is 4.41. The van der Waals surface area contributed by atoms with Crippen LogP contribution in [0.2, 0.25) is 0 Å². The van der Waals surface area contributed by atoms with Crippen molar-refractivity contribution in [2.45, 2.75) is 25.2 Å². The highest BCUT2D eigenvalue weighted by molar-refractivity contribution is 6.05. The Hall–Kier alpha value is -4.32. The summed E-state index contributed by atoms with van der Waals surface area (Å²) in [5.74, 6) is 0.629. The molecule has 186 valence electrons. The van der Waals surface area contributed by atoms with Crippen molar-refractivity contribution in [1.82, 2.24) is 14.8 Å². The number of amides is 1. The number of aromatic nitrogens is 3. The van der Waals surface area contributed by atoms with Crippen molar-refractivity contribution < 1.29 is 35.9 Å². The lowest BCUT2D eigenvalue weighted by Gasteiger charge is -2.27. The first-order chi connectivity index (χ1) is 17.0. The Morgan fingerprint density at radius 2 is 1.89 bits per heavy atom. The number of pyridine rings is 1. The normalized spacial score (nSPS) is 14.8. The molecule has 2 aliphatic heterocycles. The molecule has 1 amide bonds. The number of alkyl halides is 6. The van der Waals surface area contributed by atoms with Crippen LogP contribution >= 0.6 is 0 Å². The number of nitrogens with one attached hydrogen (secondary N) is 2. The summed E-state index contributed by atoms with van der Waals surface area (Å²) in [4.78, 5) is 28.8. The van der Waals surface area contributed by atoms with Crippen LogP contribution in [0.15, 0.2) is 42.5 Å². The van der Waals surface area contributed by atoms with Crippen molar-refractivity contribution in [3.05, 3.63) is 65.0 Å². The minimum absolute atomic E-state index is 0.0574. The molecule has 0 unspecified atom stereocenters. The van der Waals surface area contributed by atoms with Gasteiger partial charge >= 0.3 is 12.4 Å². The topological polar surface area (TPSA) is 92.1 Å². The molecule has 4 heterocycles. The molecule has 0 bridgehead atoms. The molecule has 0 atom stereocenters. The van der Waals surface area contributed by atoms with Gasteiger partial charge in [0.15, 0.2) is 17.5 Å². The minimum Gasteiger partial charge on any atom is -0.330 e. The fraction of sp³-hybridized carbons (Fsp3) is 0.227. The third-order valence-electron chi connectivity index (χ3n) is 5.77. The van der Waals surface area contributed by atoms with Gasteiger partial charge in [0.25, 0.3) is 5.91 Å². The zero-order valence-corrected chi connectivity index (χ0v) is 18.0. The molecule has 0 aliphatic carbocycles. The molecule has 1 aromatic carbocycles. The molecule has 8 nitrogen and oxygen atoms in total. The molecule has 36 heavy (non-hydrogen) atoms. The van der Waals surface area contributed by atoms with E-state index < -0.39 is 35.2 Å². The minimum atomic E-state index is -5.04. The van der Waals surface area contributed by atoms with Gasteiger partial charge in [-0.05, 0) is 37.1 Å². The number of anilines is 3. The van der Waals surface area contributed by atoms with Gasteiger partial charge in [-0.25, -0.2) is 9.48 Å². The number of rotatable bonds is 3. The summed E-state index contributed by atoms with van der Waals surface area (Å²) in [5.41, 5.74) is -2.36. The first kappa shape index (κ1) is 23.4. The summed E-state index contributed by atoms with van der Waals surface area (Å²) in [6.45, 7) is 0.464. The average Bonchev–Trinajstić information content (AvgIpc) is 3.42. The molecule has 5 rings (SSSR count). The van der Waals surface area contributed by atoms with E-state index in [0.717, 1.165) is 12.3 Å². The third kappa shape index (κ3) is 3.85. The lowest BCUT2D eigenvalue weighted by Crippen LogP contribution is -2.28. The van der Waals surface area contributed by atoms with Gasteiger partial charge in [0.1, 0.15) is 5.69 Å². The number of carbonyl (C=O) groups excluding carboxylic acids is 2. The molecule has 0 fully saturated rings. The quantitative estimate of drug-likeness (QED) is 0.403. The fourth-order valence-corrected chi connectivity index (χ4v) is 4.34. The molecule has 14 heteroatoms. The maximum absolute atomic E-state index is 14.2. The Morgan fingerprint density at radius 1 is 1.11 bits per heavy atom. The van der Waals surface area contributed by atoms with E-state index in [-0.39, 0.29) is 17.2 Å². The monoisotopic (exact) mass is 508 g/mol. The maximum atomic E-state index is 14.2. The van der Waals surface area contributed by atoms with E-state index >= 15 is 0 Å². The Labute approximate surface area is 198 Å². The van der Waals surface area contributed by atoms with Crippen molar-refractivity contribution in [3.8, 4) is 5.69 Å². The average molecular weight is 508 g/mol. The van der Waals surface area contributed by atoms with Gasteiger partial charge in [0.2, 0.25) is 0 Å². The fourth-order valence-electron chi connectivity index (χ4n) is 4.34. The summed E-state index contributed by atoms with van der Waals surface area (Å²) in [6.07, 6.45) is -7.43.